The van der Waals surface area contributed by atoms with Crippen LogP contribution in [0, 0.1) is 5.92 Å². The standard InChI is InChI=1S/C13H15F3N2/c1-9(2)7-8-18-11-6-4-3-5-10(11)17-12(18)13(14,15)16/h3-6,9H,7-8H2,1-2H3. The van der Waals surface area contributed by atoms with E-state index < -0.39 is 12.0 Å². The molecule has 1 aromatic heterocycles. The smallest absolute Gasteiger partial charge is 0.320 e. The van der Waals surface area contributed by atoms with Gasteiger partial charge in [0.05, 0.1) is 11.0 Å². The summed E-state index contributed by atoms with van der Waals surface area (Å²) >= 11 is 0. The van der Waals surface area contributed by atoms with Gasteiger partial charge in [-0.3, -0.25) is 0 Å². The van der Waals surface area contributed by atoms with Gasteiger partial charge >= 0.3 is 6.18 Å². The molecule has 1 heterocycles. The number of imidazole rings is 1. The molecule has 0 aliphatic carbocycles. The summed E-state index contributed by atoms with van der Waals surface area (Å²) in [5.74, 6) is -0.448. The lowest BCUT2D eigenvalue weighted by molar-refractivity contribution is -0.147. The predicted molar refractivity (Wildman–Crippen MR) is 64.2 cm³/mol. The third-order valence-corrected chi connectivity index (χ3v) is 2.84. The maximum absolute atomic E-state index is 12.9. The number of aryl methyl sites for hydroxylation is 1. The Labute approximate surface area is 103 Å². The van der Waals surface area contributed by atoms with Crippen molar-refractivity contribution in [2.75, 3.05) is 0 Å². The van der Waals surface area contributed by atoms with Crippen LogP contribution in [0.15, 0.2) is 24.3 Å². The Balaban J connectivity index is 2.51. The fourth-order valence-electron chi connectivity index (χ4n) is 1.91. The molecule has 0 aliphatic rings. The van der Waals surface area contributed by atoms with Crippen LogP contribution in [0.3, 0.4) is 0 Å². The van der Waals surface area contributed by atoms with Crippen molar-refractivity contribution in [2.45, 2.75) is 33.0 Å². The summed E-state index contributed by atoms with van der Waals surface area (Å²) < 4.78 is 40.1. The number of benzene rings is 1. The number of hydrogen-bond donors (Lipinski definition) is 0. The summed E-state index contributed by atoms with van der Waals surface area (Å²) in [6.07, 6.45) is -3.71. The average molecular weight is 256 g/mol. The van der Waals surface area contributed by atoms with E-state index in [1.165, 1.54) is 4.57 Å². The van der Waals surface area contributed by atoms with Crippen LogP contribution in [0.5, 0.6) is 0 Å². The highest BCUT2D eigenvalue weighted by Gasteiger charge is 2.37. The first kappa shape index (κ1) is 12.9. The molecule has 18 heavy (non-hydrogen) atoms. The Morgan fingerprint density at radius 3 is 2.50 bits per heavy atom. The topological polar surface area (TPSA) is 17.8 Å². The van der Waals surface area contributed by atoms with Gasteiger partial charge < -0.3 is 4.57 Å². The second-order valence-electron chi connectivity index (χ2n) is 4.76. The number of fused-ring (bicyclic) bond motifs is 1. The molecule has 0 aliphatic heterocycles. The van der Waals surface area contributed by atoms with Crippen LogP contribution in [0.25, 0.3) is 11.0 Å². The third kappa shape index (κ3) is 2.49. The molecule has 2 rings (SSSR count). The van der Waals surface area contributed by atoms with E-state index >= 15 is 0 Å². The van der Waals surface area contributed by atoms with Crippen LogP contribution in [-0.2, 0) is 12.7 Å². The zero-order chi connectivity index (χ0) is 13.3. The third-order valence-electron chi connectivity index (χ3n) is 2.84. The van der Waals surface area contributed by atoms with Crippen molar-refractivity contribution in [2.24, 2.45) is 5.92 Å². The van der Waals surface area contributed by atoms with Gasteiger partial charge in [-0.2, -0.15) is 13.2 Å². The molecular formula is C13H15F3N2. The van der Waals surface area contributed by atoms with Crippen molar-refractivity contribution in [3.63, 3.8) is 0 Å². The lowest BCUT2D eigenvalue weighted by Crippen LogP contribution is -2.15. The highest BCUT2D eigenvalue weighted by Crippen LogP contribution is 2.31. The summed E-state index contributed by atoms with van der Waals surface area (Å²) in [5.41, 5.74) is 0.944. The first-order valence-corrected chi connectivity index (χ1v) is 5.92. The summed E-state index contributed by atoms with van der Waals surface area (Å²) in [6.45, 7) is 4.33. The van der Waals surface area contributed by atoms with E-state index in [0.717, 1.165) is 0 Å². The normalized spacial score (nSPS) is 12.6. The number of nitrogens with zero attached hydrogens (tertiary/aromatic N) is 2. The molecule has 0 saturated heterocycles. The van der Waals surface area contributed by atoms with Crippen molar-refractivity contribution in [1.29, 1.82) is 0 Å². The largest absolute Gasteiger partial charge is 0.449 e. The van der Waals surface area contributed by atoms with E-state index in [1.54, 1.807) is 24.3 Å². The molecule has 98 valence electrons. The van der Waals surface area contributed by atoms with Crippen molar-refractivity contribution in [3.8, 4) is 0 Å². The fraction of sp³-hybridized carbons (Fsp3) is 0.462. The molecule has 0 unspecified atom stereocenters. The van der Waals surface area contributed by atoms with Crippen LogP contribution < -0.4 is 0 Å². The van der Waals surface area contributed by atoms with Crippen molar-refractivity contribution in [3.05, 3.63) is 30.1 Å². The first-order chi connectivity index (χ1) is 8.39. The zero-order valence-electron chi connectivity index (χ0n) is 10.3. The van der Waals surface area contributed by atoms with E-state index in [1.807, 2.05) is 13.8 Å². The first-order valence-electron chi connectivity index (χ1n) is 5.92. The summed E-state index contributed by atoms with van der Waals surface area (Å²) in [6, 6.07) is 6.71. The van der Waals surface area contributed by atoms with Crippen molar-refractivity contribution in [1.82, 2.24) is 9.55 Å². The molecule has 0 spiro atoms. The van der Waals surface area contributed by atoms with Crippen LogP contribution >= 0.6 is 0 Å². The van der Waals surface area contributed by atoms with Gasteiger partial charge in [-0.1, -0.05) is 26.0 Å². The van der Waals surface area contributed by atoms with Gasteiger partial charge in [0.2, 0.25) is 5.82 Å². The Hall–Kier alpha value is -1.52. The lowest BCUT2D eigenvalue weighted by Gasteiger charge is -2.12. The van der Waals surface area contributed by atoms with Gasteiger partial charge in [0, 0.05) is 6.54 Å². The highest BCUT2D eigenvalue weighted by molar-refractivity contribution is 5.76. The molecule has 2 nitrogen and oxygen atoms in total. The van der Waals surface area contributed by atoms with E-state index in [2.05, 4.69) is 4.98 Å². The van der Waals surface area contributed by atoms with E-state index in [-0.39, 0.29) is 0 Å². The summed E-state index contributed by atoms with van der Waals surface area (Å²) in [4.78, 5) is 3.70. The lowest BCUT2D eigenvalue weighted by atomic mass is 10.1. The Morgan fingerprint density at radius 1 is 1.22 bits per heavy atom. The highest BCUT2D eigenvalue weighted by atomic mass is 19.4. The van der Waals surface area contributed by atoms with Gasteiger partial charge in [-0.05, 0) is 24.5 Å². The minimum absolute atomic E-state index is 0.340. The second kappa shape index (κ2) is 4.63. The monoisotopic (exact) mass is 256 g/mol. The number of para-hydroxylation sites is 2. The van der Waals surface area contributed by atoms with Crippen LogP contribution in [0.1, 0.15) is 26.1 Å². The molecule has 0 radical (unpaired) electrons. The molecule has 0 amide bonds. The van der Waals surface area contributed by atoms with Gasteiger partial charge in [-0.15, -0.1) is 0 Å². The van der Waals surface area contributed by atoms with Crippen molar-refractivity contribution < 1.29 is 13.2 Å². The molecule has 5 heteroatoms. The molecule has 2 aromatic rings. The average Bonchev–Trinajstić information content (AvgIpc) is 2.64. The zero-order valence-corrected chi connectivity index (χ0v) is 10.3. The molecule has 0 saturated carbocycles. The Bertz CT molecular complexity index is 541. The molecular weight excluding hydrogens is 241 g/mol. The van der Waals surface area contributed by atoms with E-state index in [0.29, 0.717) is 29.9 Å². The number of halogens is 3. The number of rotatable bonds is 3. The fourth-order valence-corrected chi connectivity index (χ4v) is 1.91. The SMILES string of the molecule is CC(C)CCn1c(C(F)(F)F)nc2ccccc21. The maximum atomic E-state index is 12.9. The second-order valence-corrected chi connectivity index (χ2v) is 4.76. The minimum Gasteiger partial charge on any atom is -0.320 e. The Kier molecular flexibility index (Phi) is 3.32. The van der Waals surface area contributed by atoms with Gasteiger partial charge in [0.1, 0.15) is 0 Å². The summed E-state index contributed by atoms with van der Waals surface area (Å²) in [7, 11) is 0. The van der Waals surface area contributed by atoms with Crippen LogP contribution in [-0.4, -0.2) is 9.55 Å². The summed E-state index contributed by atoms with van der Waals surface area (Å²) in [5, 5.41) is 0. The molecule has 0 bridgehead atoms. The predicted octanol–water partition coefficient (Wildman–Crippen LogP) is 4.10. The van der Waals surface area contributed by atoms with Crippen LogP contribution in [0.4, 0.5) is 13.2 Å². The van der Waals surface area contributed by atoms with Gasteiger partial charge in [0.15, 0.2) is 0 Å². The quantitative estimate of drug-likeness (QED) is 0.808. The van der Waals surface area contributed by atoms with Crippen LogP contribution in [0.2, 0.25) is 0 Å². The number of hydrogen-bond acceptors (Lipinski definition) is 1. The van der Waals surface area contributed by atoms with E-state index in [9.17, 15) is 13.2 Å². The maximum Gasteiger partial charge on any atom is 0.449 e. The van der Waals surface area contributed by atoms with Gasteiger partial charge in [-0.25, -0.2) is 4.98 Å². The van der Waals surface area contributed by atoms with E-state index in [4.69, 9.17) is 0 Å². The molecule has 0 atom stereocenters. The molecule has 0 fully saturated rings. The Morgan fingerprint density at radius 2 is 1.89 bits per heavy atom. The number of aromatic nitrogens is 2. The minimum atomic E-state index is -4.41. The number of alkyl halides is 3. The van der Waals surface area contributed by atoms with Gasteiger partial charge in [0.25, 0.3) is 0 Å². The molecule has 0 N–H and O–H groups in total. The van der Waals surface area contributed by atoms with Crippen molar-refractivity contribution >= 4 is 11.0 Å². The molecule has 1 aromatic carbocycles.